The second kappa shape index (κ2) is 5.59. The number of fused-ring (bicyclic) bond motifs is 2. The van der Waals surface area contributed by atoms with E-state index in [1.807, 2.05) is 6.92 Å². The van der Waals surface area contributed by atoms with Gasteiger partial charge < -0.3 is 15.2 Å². The van der Waals surface area contributed by atoms with E-state index in [9.17, 15) is 13.2 Å². The molecule has 3 rings (SSSR count). The third kappa shape index (κ3) is 2.73. The minimum absolute atomic E-state index is 0.237. The number of hydrogen-bond acceptors (Lipinski definition) is 2. The van der Waals surface area contributed by atoms with Gasteiger partial charge in [0.05, 0.1) is 6.54 Å². The zero-order valence-electron chi connectivity index (χ0n) is 12.8. The van der Waals surface area contributed by atoms with Crippen molar-refractivity contribution in [1.82, 2.24) is 15.2 Å². The lowest BCUT2D eigenvalue weighted by Crippen LogP contribution is -2.28. The average molecular weight is 311 g/mol. The highest BCUT2D eigenvalue weighted by Gasteiger charge is 2.27. The van der Waals surface area contributed by atoms with E-state index in [2.05, 4.69) is 34.3 Å². The van der Waals surface area contributed by atoms with Gasteiger partial charge in [-0.1, -0.05) is 0 Å². The van der Waals surface area contributed by atoms with Gasteiger partial charge in [-0.05, 0) is 42.7 Å². The normalized spacial score (nSPS) is 14.8. The summed E-state index contributed by atoms with van der Waals surface area (Å²) in [7, 11) is 0. The van der Waals surface area contributed by atoms with Crippen molar-refractivity contribution in [1.29, 1.82) is 0 Å². The van der Waals surface area contributed by atoms with Crippen LogP contribution in [0.25, 0.3) is 10.9 Å². The fourth-order valence-electron chi connectivity index (χ4n) is 3.30. The summed E-state index contributed by atoms with van der Waals surface area (Å²) in [4.78, 5) is 0. The van der Waals surface area contributed by atoms with Crippen molar-refractivity contribution in [2.45, 2.75) is 46.2 Å². The Kier molecular flexibility index (Phi) is 3.91. The Balaban J connectivity index is 1.99. The maximum absolute atomic E-state index is 12.3. The third-order valence-corrected chi connectivity index (χ3v) is 4.35. The summed E-state index contributed by atoms with van der Waals surface area (Å²) in [5, 5.41) is 6.91. The highest BCUT2D eigenvalue weighted by molar-refractivity contribution is 5.87. The summed E-state index contributed by atoms with van der Waals surface area (Å²) in [6, 6.07) is 4.31. The number of rotatable bonds is 4. The Morgan fingerprint density at radius 2 is 1.91 bits per heavy atom. The lowest BCUT2D eigenvalue weighted by Gasteiger charge is -2.09. The zero-order valence-corrected chi connectivity index (χ0v) is 12.8. The van der Waals surface area contributed by atoms with Gasteiger partial charge >= 0.3 is 6.18 Å². The standard InChI is InChI=1S/C16H20F3N3/c1-3-22-10(2)14(8-21-9-16(17,18)19)13-4-11-6-20-7-12(11)5-15(13)22/h4-5,20-21H,3,6-9H2,1-2H3. The van der Waals surface area contributed by atoms with Gasteiger partial charge in [0.1, 0.15) is 0 Å². The smallest absolute Gasteiger partial charge is 0.345 e. The summed E-state index contributed by atoms with van der Waals surface area (Å²) in [6.07, 6.45) is -4.18. The average Bonchev–Trinajstić information content (AvgIpc) is 2.98. The second-order valence-corrected chi connectivity index (χ2v) is 5.77. The molecule has 6 heteroatoms. The van der Waals surface area contributed by atoms with Crippen LogP contribution >= 0.6 is 0 Å². The van der Waals surface area contributed by atoms with Crippen LogP contribution in [0.3, 0.4) is 0 Å². The van der Waals surface area contributed by atoms with Gasteiger partial charge in [0.25, 0.3) is 0 Å². The first-order valence-corrected chi connectivity index (χ1v) is 7.52. The quantitative estimate of drug-likeness (QED) is 0.908. The molecule has 0 fully saturated rings. The molecule has 0 radical (unpaired) electrons. The van der Waals surface area contributed by atoms with E-state index in [0.717, 1.165) is 41.8 Å². The molecule has 1 aliphatic rings. The van der Waals surface area contributed by atoms with Crippen molar-refractivity contribution in [3.05, 3.63) is 34.5 Å². The Hall–Kier alpha value is -1.53. The van der Waals surface area contributed by atoms with Crippen LogP contribution in [0, 0.1) is 6.92 Å². The molecule has 0 aliphatic carbocycles. The van der Waals surface area contributed by atoms with Crippen molar-refractivity contribution in [2.75, 3.05) is 6.54 Å². The summed E-state index contributed by atoms with van der Waals surface area (Å²) in [5.74, 6) is 0. The number of nitrogens with one attached hydrogen (secondary N) is 2. The van der Waals surface area contributed by atoms with Gasteiger partial charge in [-0.3, -0.25) is 0 Å². The first kappa shape index (κ1) is 15.4. The van der Waals surface area contributed by atoms with Crippen LogP contribution in [0.15, 0.2) is 12.1 Å². The molecule has 3 nitrogen and oxygen atoms in total. The molecule has 0 saturated heterocycles. The first-order valence-electron chi connectivity index (χ1n) is 7.52. The predicted molar refractivity (Wildman–Crippen MR) is 80.7 cm³/mol. The van der Waals surface area contributed by atoms with Crippen molar-refractivity contribution >= 4 is 10.9 Å². The number of halogens is 3. The molecule has 0 atom stereocenters. The SMILES string of the molecule is CCn1c(C)c(CNCC(F)(F)F)c2cc3c(cc21)CNC3. The van der Waals surface area contributed by atoms with Gasteiger partial charge in [0, 0.05) is 42.8 Å². The van der Waals surface area contributed by atoms with E-state index in [0.29, 0.717) is 0 Å². The third-order valence-electron chi connectivity index (χ3n) is 4.35. The van der Waals surface area contributed by atoms with Gasteiger partial charge in [-0.2, -0.15) is 13.2 Å². The van der Waals surface area contributed by atoms with E-state index in [1.165, 1.54) is 11.1 Å². The zero-order chi connectivity index (χ0) is 15.9. The molecule has 0 unspecified atom stereocenters. The summed E-state index contributed by atoms with van der Waals surface area (Å²) in [6.45, 7) is 5.83. The lowest BCUT2D eigenvalue weighted by molar-refractivity contribution is -0.125. The second-order valence-electron chi connectivity index (χ2n) is 5.77. The minimum atomic E-state index is -4.18. The monoisotopic (exact) mass is 311 g/mol. The van der Waals surface area contributed by atoms with E-state index in [1.54, 1.807) is 0 Å². The summed E-state index contributed by atoms with van der Waals surface area (Å²) >= 11 is 0. The van der Waals surface area contributed by atoms with E-state index in [4.69, 9.17) is 0 Å². The molecule has 0 bridgehead atoms. The molecule has 1 aromatic carbocycles. The number of nitrogens with zero attached hydrogens (tertiary/aromatic N) is 1. The van der Waals surface area contributed by atoms with Crippen LogP contribution in [0.1, 0.15) is 29.3 Å². The van der Waals surface area contributed by atoms with Gasteiger partial charge in [-0.25, -0.2) is 0 Å². The Bertz CT molecular complexity index is 701. The summed E-state index contributed by atoms with van der Waals surface area (Å²) in [5.41, 5.74) is 5.66. The molecule has 2 aromatic rings. The molecule has 1 aliphatic heterocycles. The van der Waals surface area contributed by atoms with Crippen molar-refractivity contribution in [3.63, 3.8) is 0 Å². The fourth-order valence-corrected chi connectivity index (χ4v) is 3.30. The van der Waals surface area contributed by atoms with Crippen LogP contribution in [-0.4, -0.2) is 17.3 Å². The Morgan fingerprint density at radius 1 is 1.23 bits per heavy atom. The highest BCUT2D eigenvalue weighted by Crippen LogP contribution is 2.30. The molecule has 2 heterocycles. The molecule has 0 saturated carbocycles. The van der Waals surface area contributed by atoms with Gasteiger partial charge in [0.2, 0.25) is 0 Å². The van der Waals surface area contributed by atoms with Crippen molar-refractivity contribution < 1.29 is 13.2 Å². The Labute approximate surface area is 127 Å². The number of benzene rings is 1. The van der Waals surface area contributed by atoms with E-state index >= 15 is 0 Å². The van der Waals surface area contributed by atoms with E-state index < -0.39 is 12.7 Å². The molecular formula is C16H20F3N3. The minimum Gasteiger partial charge on any atom is -0.345 e. The number of aryl methyl sites for hydroxylation is 1. The van der Waals surface area contributed by atoms with Crippen LogP contribution in [0.2, 0.25) is 0 Å². The number of alkyl halides is 3. The van der Waals surface area contributed by atoms with Crippen molar-refractivity contribution in [2.24, 2.45) is 0 Å². The number of hydrogen-bond donors (Lipinski definition) is 2. The Morgan fingerprint density at radius 3 is 2.55 bits per heavy atom. The van der Waals surface area contributed by atoms with Crippen molar-refractivity contribution in [3.8, 4) is 0 Å². The highest BCUT2D eigenvalue weighted by atomic mass is 19.4. The van der Waals surface area contributed by atoms with Gasteiger partial charge in [-0.15, -0.1) is 0 Å². The van der Waals surface area contributed by atoms with E-state index in [-0.39, 0.29) is 6.54 Å². The van der Waals surface area contributed by atoms with Crippen LogP contribution in [0.5, 0.6) is 0 Å². The van der Waals surface area contributed by atoms with Gasteiger partial charge in [0.15, 0.2) is 0 Å². The van der Waals surface area contributed by atoms with Crippen LogP contribution in [0.4, 0.5) is 13.2 Å². The topological polar surface area (TPSA) is 29.0 Å². The molecule has 22 heavy (non-hydrogen) atoms. The predicted octanol–water partition coefficient (Wildman–Crippen LogP) is 3.22. The first-order chi connectivity index (χ1) is 10.4. The maximum atomic E-state index is 12.3. The summed E-state index contributed by atoms with van der Waals surface area (Å²) < 4.78 is 39.2. The maximum Gasteiger partial charge on any atom is 0.401 e. The number of aromatic nitrogens is 1. The molecular weight excluding hydrogens is 291 g/mol. The molecule has 0 amide bonds. The molecule has 1 aromatic heterocycles. The van der Waals surface area contributed by atoms with Crippen LogP contribution in [-0.2, 0) is 26.2 Å². The fraction of sp³-hybridized carbons (Fsp3) is 0.500. The molecule has 120 valence electrons. The largest absolute Gasteiger partial charge is 0.401 e. The molecule has 0 spiro atoms. The van der Waals surface area contributed by atoms with Crippen LogP contribution < -0.4 is 10.6 Å². The lowest BCUT2D eigenvalue weighted by atomic mass is 10.0. The molecule has 2 N–H and O–H groups in total.